The van der Waals surface area contributed by atoms with Crippen molar-refractivity contribution in [2.24, 2.45) is 0 Å². The number of hydrogen-bond acceptors (Lipinski definition) is 4. The van der Waals surface area contributed by atoms with Crippen molar-refractivity contribution in [3.05, 3.63) is 0 Å². The van der Waals surface area contributed by atoms with Crippen LogP contribution in [-0.2, 0) is 15.0 Å². The molecule has 1 saturated carbocycles. The first-order valence-electron chi connectivity index (χ1n) is 7.82. The standard InChI is InChI=1S/C13H24N4O3S/c18-13(14-12-3-4-12)11-15-7-9-17(10-8-15)21(19,20)16-5-1-2-6-16/h12H,1-11H2,(H,14,18). The summed E-state index contributed by atoms with van der Waals surface area (Å²) in [4.78, 5) is 13.8. The summed E-state index contributed by atoms with van der Waals surface area (Å²) in [6.07, 6.45) is 4.10. The van der Waals surface area contributed by atoms with Crippen LogP contribution in [0.2, 0.25) is 0 Å². The Bertz CT molecular complexity index is 478. The van der Waals surface area contributed by atoms with Gasteiger partial charge in [0.25, 0.3) is 10.2 Å². The van der Waals surface area contributed by atoms with Gasteiger partial charge in [-0.3, -0.25) is 9.69 Å². The van der Waals surface area contributed by atoms with E-state index < -0.39 is 10.2 Å². The molecule has 2 saturated heterocycles. The van der Waals surface area contributed by atoms with Crippen LogP contribution in [0, 0.1) is 0 Å². The highest BCUT2D eigenvalue weighted by atomic mass is 32.2. The number of carbonyl (C=O) groups excluding carboxylic acids is 1. The smallest absolute Gasteiger partial charge is 0.282 e. The Balaban J connectivity index is 1.46. The summed E-state index contributed by atoms with van der Waals surface area (Å²) in [6.45, 7) is 3.90. The van der Waals surface area contributed by atoms with Crippen molar-refractivity contribution in [2.75, 3.05) is 45.8 Å². The molecule has 7 nitrogen and oxygen atoms in total. The summed E-state index contributed by atoms with van der Waals surface area (Å²) >= 11 is 0. The Morgan fingerprint density at radius 3 is 2.10 bits per heavy atom. The maximum atomic E-state index is 12.4. The summed E-state index contributed by atoms with van der Waals surface area (Å²) in [7, 11) is -3.28. The highest BCUT2D eigenvalue weighted by Crippen LogP contribution is 2.19. The van der Waals surface area contributed by atoms with Gasteiger partial charge in [0.2, 0.25) is 5.91 Å². The van der Waals surface area contributed by atoms with E-state index in [1.54, 1.807) is 8.61 Å². The molecule has 0 aromatic rings. The largest absolute Gasteiger partial charge is 0.352 e. The van der Waals surface area contributed by atoms with Crippen LogP contribution in [0.4, 0.5) is 0 Å². The number of amides is 1. The molecule has 8 heteroatoms. The highest BCUT2D eigenvalue weighted by Gasteiger charge is 2.34. The van der Waals surface area contributed by atoms with Crippen LogP contribution in [0.1, 0.15) is 25.7 Å². The number of piperazine rings is 1. The fraction of sp³-hybridized carbons (Fsp3) is 0.923. The summed E-state index contributed by atoms with van der Waals surface area (Å²) in [5, 5.41) is 2.97. The van der Waals surface area contributed by atoms with Crippen LogP contribution in [-0.4, -0.2) is 79.7 Å². The lowest BCUT2D eigenvalue weighted by Gasteiger charge is -2.35. The first-order valence-corrected chi connectivity index (χ1v) is 9.22. The van der Waals surface area contributed by atoms with Crippen molar-refractivity contribution >= 4 is 16.1 Å². The second-order valence-electron chi connectivity index (χ2n) is 6.13. The van der Waals surface area contributed by atoms with Crippen LogP contribution in [0.3, 0.4) is 0 Å². The van der Waals surface area contributed by atoms with Crippen LogP contribution < -0.4 is 5.32 Å². The van der Waals surface area contributed by atoms with Gasteiger partial charge in [0.05, 0.1) is 6.54 Å². The molecule has 0 unspecified atom stereocenters. The third kappa shape index (κ3) is 3.74. The molecule has 1 aliphatic carbocycles. The Morgan fingerprint density at radius 1 is 0.952 bits per heavy atom. The molecule has 2 heterocycles. The number of nitrogens with zero attached hydrogens (tertiary/aromatic N) is 3. The average Bonchev–Trinajstić information content (AvgIpc) is 3.08. The highest BCUT2D eigenvalue weighted by molar-refractivity contribution is 7.86. The van der Waals surface area contributed by atoms with Gasteiger partial charge in [0.15, 0.2) is 0 Å². The van der Waals surface area contributed by atoms with Crippen molar-refractivity contribution in [1.29, 1.82) is 0 Å². The van der Waals surface area contributed by atoms with Crippen molar-refractivity contribution in [3.8, 4) is 0 Å². The molecule has 3 aliphatic rings. The van der Waals surface area contributed by atoms with Crippen molar-refractivity contribution in [3.63, 3.8) is 0 Å². The van der Waals surface area contributed by atoms with Gasteiger partial charge in [-0.05, 0) is 25.7 Å². The van der Waals surface area contributed by atoms with E-state index in [0.717, 1.165) is 25.7 Å². The molecule has 2 aliphatic heterocycles. The Kier molecular flexibility index (Phi) is 4.49. The normalized spacial score (nSPS) is 26.1. The summed E-state index contributed by atoms with van der Waals surface area (Å²) in [5.74, 6) is 0.0633. The van der Waals surface area contributed by atoms with E-state index in [1.807, 2.05) is 4.90 Å². The van der Waals surface area contributed by atoms with Crippen LogP contribution in [0.25, 0.3) is 0 Å². The first-order chi connectivity index (χ1) is 10.1. The van der Waals surface area contributed by atoms with Gasteiger partial charge in [-0.15, -0.1) is 0 Å². The Hall–Kier alpha value is -0.700. The maximum Gasteiger partial charge on any atom is 0.282 e. The van der Waals surface area contributed by atoms with Crippen LogP contribution >= 0.6 is 0 Å². The number of carbonyl (C=O) groups is 1. The number of hydrogen-bond donors (Lipinski definition) is 1. The molecule has 120 valence electrons. The van der Waals surface area contributed by atoms with Gasteiger partial charge in [0.1, 0.15) is 0 Å². The molecule has 3 fully saturated rings. The van der Waals surface area contributed by atoms with Crippen LogP contribution in [0.15, 0.2) is 0 Å². The summed E-state index contributed by atoms with van der Waals surface area (Å²) in [5.41, 5.74) is 0. The lowest BCUT2D eigenvalue weighted by Crippen LogP contribution is -2.54. The molecule has 0 bridgehead atoms. The molecule has 0 spiro atoms. The van der Waals surface area contributed by atoms with Crippen molar-refractivity contribution in [1.82, 2.24) is 18.8 Å². The van der Waals surface area contributed by atoms with Gasteiger partial charge in [-0.25, -0.2) is 0 Å². The minimum atomic E-state index is -3.28. The Morgan fingerprint density at radius 2 is 1.52 bits per heavy atom. The maximum absolute atomic E-state index is 12.4. The Labute approximate surface area is 126 Å². The van der Waals surface area contributed by atoms with E-state index in [-0.39, 0.29) is 5.91 Å². The molecule has 0 radical (unpaired) electrons. The van der Waals surface area contributed by atoms with E-state index in [9.17, 15) is 13.2 Å². The number of rotatable bonds is 5. The zero-order valence-electron chi connectivity index (χ0n) is 12.3. The summed E-state index contributed by atoms with van der Waals surface area (Å²) < 4.78 is 28.0. The minimum Gasteiger partial charge on any atom is -0.352 e. The lowest BCUT2D eigenvalue weighted by molar-refractivity contribution is -0.122. The molecular weight excluding hydrogens is 292 g/mol. The molecule has 0 aromatic carbocycles. The quantitative estimate of drug-likeness (QED) is 0.722. The first kappa shape index (κ1) is 15.2. The second-order valence-corrected chi connectivity index (χ2v) is 8.06. The molecule has 3 rings (SSSR count). The molecule has 1 amide bonds. The fourth-order valence-corrected chi connectivity index (χ4v) is 4.58. The zero-order chi connectivity index (χ0) is 14.9. The van der Waals surface area contributed by atoms with E-state index in [4.69, 9.17) is 0 Å². The van der Waals surface area contributed by atoms with E-state index in [2.05, 4.69) is 5.32 Å². The molecule has 1 N–H and O–H groups in total. The predicted molar refractivity (Wildman–Crippen MR) is 78.9 cm³/mol. The fourth-order valence-electron chi connectivity index (χ4n) is 2.90. The SMILES string of the molecule is O=C(CN1CCN(S(=O)(=O)N2CCCC2)CC1)NC1CC1. The summed E-state index contributed by atoms with van der Waals surface area (Å²) in [6, 6.07) is 0.384. The number of nitrogens with one attached hydrogen (secondary N) is 1. The average molecular weight is 316 g/mol. The van der Waals surface area contributed by atoms with Gasteiger partial charge >= 0.3 is 0 Å². The van der Waals surface area contributed by atoms with Gasteiger partial charge in [-0.1, -0.05) is 0 Å². The predicted octanol–water partition coefficient (Wildman–Crippen LogP) is -0.777. The molecule has 21 heavy (non-hydrogen) atoms. The van der Waals surface area contributed by atoms with Gasteiger partial charge < -0.3 is 5.32 Å². The molecular formula is C13H24N4O3S. The third-order valence-corrected chi connectivity index (χ3v) is 6.39. The van der Waals surface area contributed by atoms with E-state index in [1.165, 1.54) is 0 Å². The zero-order valence-corrected chi connectivity index (χ0v) is 13.1. The monoisotopic (exact) mass is 316 g/mol. The van der Waals surface area contributed by atoms with Crippen molar-refractivity contribution < 1.29 is 13.2 Å². The van der Waals surface area contributed by atoms with Crippen LogP contribution in [0.5, 0.6) is 0 Å². The van der Waals surface area contributed by atoms with Crippen molar-refractivity contribution in [2.45, 2.75) is 31.7 Å². The molecule has 0 aromatic heterocycles. The van der Waals surface area contributed by atoms with E-state index >= 15 is 0 Å². The second kappa shape index (κ2) is 6.20. The third-order valence-electron chi connectivity index (χ3n) is 4.36. The molecule has 0 atom stereocenters. The minimum absolute atomic E-state index is 0.0633. The lowest BCUT2D eigenvalue weighted by atomic mass is 10.3. The van der Waals surface area contributed by atoms with Gasteiger partial charge in [0, 0.05) is 45.3 Å². The topological polar surface area (TPSA) is 73.0 Å². The van der Waals surface area contributed by atoms with E-state index in [0.29, 0.717) is 51.9 Å². The van der Waals surface area contributed by atoms with Gasteiger partial charge in [-0.2, -0.15) is 17.0 Å².